The molecule has 1 N–H and O–H groups in total. The summed E-state index contributed by atoms with van der Waals surface area (Å²) in [6, 6.07) is 13.6. The lowest BCUT2D eigenvalue weighted by Gasteiger charge is -2.09. The van der Waals surface area contributed by atoms with Gasteiger partial charge in [0.05, 0.1) is 12.5 Å². The summed E-state index contributed by atoms with van der Waals surface area (Å²) < 4.78 is 8.37. The van der Waals surface area contributed by atoms with E-state index < -0.39 is 0 Å². The van der Waals surface area contributed by atoms with Gasteiger partial charge in [0.1, 0.15) is 0 Å². The number of halogens is 1. The Bertz CT molecular complexity index is 895. The quantitative estimate of drug-likeness (QED) is 0.384. The summed E-state index contributed by atoms with van der Waals surface area (Å²) in [7, 11) is 0. The van der Waals surface area contributed by atoms with E-state index >= 15 is 0 Å². The van der Waals surface area contributed by atoms with Crippen LogP contribution in [0.15, 0.2) is 58.2 Å². The van der Waals surface area contributed by atoms with Crippen molar-refractivity contribution in [2.24, 2.45) is 5.10 Å². The van der Waals surface area contributed by atoms with Gasteiger partial charge in [0.15, 0.2) is 5.76 Å². The van der Waals surface area contributed by atoms with Crippen molar-refractivity contribution in [3.63, 3.8) is 0 Å². The van der Waals surface area contributed by atoms with E-state index in [0.717, 1.165) is 22.6 Å². The van der Waals surface area contributed by atoms with Crippen LogP contribution in [0.5, 0.6) is 0 Å². The van der Waals surface area contributed by atoms with Gasteiger partial charge in [-0.25, -0.2) is 5.43 Å². The van der Waals surface area contributed by atoms with Crippen molar-refractivity contribution in [3.05, 3.63) is 75.0 Å². The Morgan fingerprint density at radius 3 is 2.79 bits per heavy atom. The lowest BCUT2D eigenvalue weighted by atomic mass is 10.2. The molecule has 1 amide bonds. The number of hydrazone groups is 1. The van der Waals surface area contributed by atoms with Gasteiger partial charge in [-0.2, -0.15) is 5.10 Å². The number of hydrogen-bond donors (Lipinski definition) is 1. The minimum Gasteiger partial charge on any atom is -0.459 e. The van der Waals surface area contributed by atoms with Gasteiger partial charge in [-0.1, -0.05) is 6.07 Å². The molecule has 0 saturated carbocycles. The number of carbonyl (C=O) groups excluding carboxylic acids is 1. The van der Waals surface area contributed by atoms with Gasteiger partial charge in [0.25, 0.3) is 0 Å². The molecule has 0 atom stereocenters. The third-order valence-electron chi connectivity index (χ3n) is 3.65. The second-order valence-corrected chi connectivity index (χ2v) is 6.56. The fourth-order valence-corrected chi connectivity index (χ4v) is 3.08. The van der Waals surface area contributed by atoms with E-state index in [-0.39, 0.29) is 11.7 Å². The summed E-state index contributed by atoms with van der Waals surface area (Å²) in [5.41, 5.74) is 6.69. The number of rotatable bonds is 4. The fraction of sp³-hybridized carbons (Fsp3) is 0.111. The third-order valence-corrected chi connectivity index (χ3v) is 4.32. The number of carbonyl (C=O) groups is 1. The summed E-state index contributed by atoms with van der Waals surface area (Å²) in [6.45, 7) is 4.08. The zero-order valence-electron chi connectivity index (χ0n) is 13.3. The normalized spacial score (nSPS) is 11.1. The Kier molecular flexibility index (Phi) is 4.84. The number of amides is 1. The predicted molar refractivity (Wildman–Crippen MR) is 102 cm³/mol. The molecule has 0 aliphatic carbocycles. The number of aromatic nitrogens is 1. The van der Waals surface area contributed by atoms with Gasteiger partial charge in [-0.15, -0.1) is 0 Å². The monoisotopic (exact) mass is 433 g/mol. The molecule has 5 nitrogen and oxygen atoms in total. The smallest absolute Gasteiger partial charge is 0.307 e. The molecule has 1 aromatic carbocycles. The van der Waals surface area contributed by atoms with Gasteiger partial charge in [-0.05, 0) is 72.8 Å². The van der Waals surface area contributed by atoms with E-state index in [1.54, 1.807) is 18.3 Å². The molecular weight excluding hydrogens is 417 g/mol. The van der Waals surface area contributed by atoms with Crippen molar-refractivity contribution in [2.75, 3.05) is 0 Å². The molecule has 0 radical (unpaired) electrons. The van der Waals surface area contributed by atoms with Crippen molar-refractivity contribution in [1.29, 1.82) is 0 Å². The largest absolute Gasteiger partial charge is 0.459 e. The molecule has 2 aromatic heterocycles. The molecule has 0 aliphatic rings. The molecule has 3 rings (SSSR count). The summed E-state index contributed by atoms with van der Waals surface area (Å²) in [6.07, 6.45) is 3.10. The maximum Gasteiger partial charge on any atom is 0.307 e. The highest BCUT2D eigenvalue weighted by Crippen LogP contribution is 2.21. The zero-order chi connectivity index (χ0) is 17.1. The van der Waals surface area contributed by atoms with Crippen molar-refractivity contribution in [2.45, 2.75) is 13.8 Å². The van der Waals surface area contributed by atoms with Crippen LogP contribution in [0.4, 0.5) is 0 Å². The van der Waals surface area contributed by atoms with Gasteiger partial charge in [-0.3, -0.25) is 4.79 Å². The lowest BCUT2D eigenvalue weighted by molar-refractivity contribution is 0.0927. The minimum absolute atomic E-state index is 0.233. The Balaban J connectivity index is 1.81. The second kappa shape index (κ2) is 7.04. The Labute approximate surface area is 153 Å². The first-order valence-corrected chi connectivity index (χ1v) is 8.46. The standard InChI is InChI=1S/C18H16IN3O2/c1-12-9-14(11-20-21-18(23)17-7-4-8-24-17)13(2)22(12)16-6-3-5-15(19)10-16/h3-11H,1-2H3,(H,21,23)/b20-11-. The molecule has 0 bridgehead atoms. The second-order valence-electron chi connectivity index (χ2n) is 5.32. The Morgan fingerprint density at radius 2 is 2.08 bits per heavy atom. The van der Waals surface area contributed by atoms with E-state index in [1.165, 1.54) is 9.83 Å². The molecule has 2 heterocycles. The van der Waals surface area contributed by atoms with Gasteiger partial charge in [0.2, 0.25) is 0 Å². The molecule has 0 spiro atoms. The zero-order valence-corrected chi connectivity index (χ0v) is 15.4. The molecule has 0 fully saturated rings. The third kappa shape index (κ3) is 3.43. The summed E-state index contributed by atoms with van der Waals surface area (Å²) in [5, 5.41) is 4.02. The lowest BCUT2D eigenvalue weighted by Crippen LogP contribution is -2.16. The summed E-state index contributed by atoms with van der Waals surface area (Å²) in [5.74, 6) is -0.140. The number of aryl methyl sites for hydroxylation is 1. The molecule has 6 heteroatoms. The Hall–Kier alpha value is -2.35. The van der Waals surface area contributed by atoms with Crippen LogP contribution in [0.1, 0.15) is 27.5 Å². The van der Waals surface area contributed by atoms with Crippen molar-refractivity contribution in [1.82, 2.24) is 9.99 Å². The average Bonchev–Trinajstić information content (AvgIpc) is 3.16. The van der Waals surface area contributed by atoms with E-state index in [2.05, 4.69) is 55.9 Å². The van der Waals surface area contributed by atoms with Gasteiger partial charge >= 0.3 is 5.91 Å². The van der Waals surface area contributed by atoms with E-state index in [1.807, 2.05) is 26.0 Å². The minimum atomic E-state index is -0.373. The van der Waals surface area contributed by atoms with Gasteiger partial charge in [0, 0.05) is 26.2 Å². The first kappa shape index (κ1) is 16.5. The van der Waals surface area contributed by atoms with Crippen molar-refractivity contribution in [3.8, 4) is 5.69 Å². The summed E-state index contributed by atoms with van der Waals surface area (Å²) in [4.78, 5) is 11.8. The topological polar surface area (TPSA) is 59.5 Å². The summed E-state index contributed by atoms with van der Waals surface area (Å²) >= 11 is 2.30. The predicted octanol–water partition coefficient (Wildman–Crippen LogP) is 4.06. The number of furan rings is 1. The van der Waals surface area contributed by atoms with Gasteiger partial charge < -0.3 is 8.98 Å². The molecule has 24 heavy (non-hydrogen) atoms. The molecular formula is C18H16IN3O2. The Morgan fingerprint density at radius 1 is 1.25 bits per heavy atom. The van der Waals surface area contributed by atoms with E-state index in [4.69, 9.17) is 4.42 Å². The first-order chi connectivity index (χ1) is 11.6. The van der Waals surface area contributed by atoms with Crippen molar-refractivity contribution < 1.29 is 9.21 Å². The van der Waals surface area contributed by atoms with Crippen LogP contribution in [0.3, 0.4) is 0 Å². The SMILES string of the molecule is Cc1cc(/C=N\NC(=O)c2ccco2)c(C)n1-c1cccc(I)c1. The molecule has 0 unspecified atom stereocenters. The van der Waals surface area contributed by atoms with Crippen LogP contribution in [-0.2, 0) is 0 Å². The molecule has 122 valence electrons. The maximum absolute atomic E-state index is 11.8. The van der Waals surface area contributed by atoms with Crippen LogP contribution in [0, 0.1) is 17.4 Å². The highest BCUT2D eigenvalue weighted by atomic mass is 127. The van der Waals surface area contributed by atoms with Crippen molar-refractivity contribution >= 4 is 34.7 Å². The maximum atomic E-state index is 11.8. The van der Waals surface area contributed by atoms with Crippen LogP contribution in [0.2, 0.25) is 0 Å². The van der Waals surface area contributed by atoms with Crippen LogP contribution in [-0.4, -0.2) is 16.7 Å². The van der Waals surface area contributed by atoms with E-state index in [9.17, 15) is 4.79 Å². The number of nitrogens with one attached hydrogen (secondary N) is 1. The fourth-order valence-electron chi connectivity index (χ4n) is 2.55. The highest BCUT2D eigenvalue weighted by Gasteiger charge is 2.10. The number of hydrogen-bond acceptors (Lipinski definition) is 3. The highest BCUT2D eigenvalue weighted by molar-refractivity contribution is 14.1. The molecule has 0 aliphatic heterocycles. The van der Waals surface area contributed by atoms with Crippen LogP contribution >= 0.6 is 22.6 Å². The first-order valence-electron chi connectivity index (χ1n) is 7.38. The average molecular weight is 433 g/mol. The van der Waals surface area contributed by atoms with Crippen LogP contribution in [0.25, 0.3) is 5.69 Å². The number of benzene rings is 1. The van der Waals surface area contributed by atoms with E-state index in [0.29, 0.717) is 0 Å². The molecule has 0 saturated heterocycles. The molecule has 3 aromatic rings. The number of nitrogens with zero attached hydrogens (tertiary/aromatic N) is 2. The van der Waals surface area contributed by atoms with Crippen LogP contribution < -0.4 is 5.43 Å².